The molecule has 0 fully saturated rings. The van der Waals surface area contributed by atoms with E-state index >= 15 is 0 Å². The number of halogens is 4. The highest BCUT2D eigenvalue weighted by Crippen LogP contribution is 2.31. The molecule has 4 rings (SSSR count). The van der Waals surface area contributed by atoms with Crippen LogP contribution in [-0.4, -0.2) is 16.8 Å². The molecule has 158 valence electrons. The molecule has 11 heteroatoms. The highest BCUT2D eigenvalue weighted by Gasteiger charge is 2.19. The first-order valence-corrected chi connectivity index (χ1v) is 10.7. The van der Waals surface area contributed by atoms with Crippen molar-refractivity contribution < 1.29 is 22.8 Å². The Morgan fingerprint density at radius 3 is 2.45 bits per heavy atom. The molecular formula is C20H11ClF3N3O2S2. The monoisotopic (exact) mass is 481 g/mol. The molecule has 5 nitrogen and oxygen atoms in total. The number of nitrogens with one attached hydrogen (secondary N) is 2. The van der Waals surface area contributed by atoms with Gasteiger partial charge in [-0.25, -0.2) is 18.2 Å². The third-order valence-electron chi connectivity index (χ3n) is 4.19. The van der Waals surface area contributed by atoms with Gasteiger partial charge in [0, 0.05) is 6.07 Å². The zero-order valence-corrected chi connectivity index (χ0v) is 17.9. The number of benzene rings is 2. The summed E-state index contributed by atoms with van der Waals surface area (Å²) in [5.74, 6) is -3.61. The molecule has 0 saturated carbocycles. The van der Waals surface area contributed by atoms with Crippen LogP contribution in [0.2, 0.25) is 5.02 Å². The zero-order chi connectivity index (χ0) is 22.3. The molecule has 0 saturated heterocycles. The van der Waals surface area contributed by atoms with Gasteiger partial charge < -0.3 is 5.32 Å². The van der Waals surface area contributed by atoms with Crippen molar-refractivity contribution in [3.05, 3.63) is 74.9 Å². The molecular weight excluding hydrogens is 471 g/mol. The van der Waals surface area contributed by atoms with Gasteiger partial charge in [-0.15, -0.1) is 11.3 Å². The second-order valence-electron chi connectivity index (χ2n) is 6.41. The lowest BCUT2D eigenvalue weighted by molar-refractivity contribution is 0.102. The molecule has 2 amide bonds. The van der Waals surface area contributed by atoms with Crippen LogP contribution in [0.3, 0.4) is 0 Å². The Balaban J connectivity index is 1.51. The third-order valence-corrected chi connectivity index (χ3v) is 6.59. The van der Waals surface area contributed by atoms with E-state index in [0.29, 0.717) is 20.1 Å². The number of carbonyl (C=O) groups excluding carboxylic acids is 2. The van der Waals surface area contributed by atoms with Crippen LogP contribution >= 0.6 is 34.3 Å². The standard InChI is InChI=1S/C20H11ClF3N3O2S2/c1-8-4-16(26-18(28)10-3-2-9(22)5-11(10)21)31-17(8)19(29)27-20-25-14-6-12(23)13(24)7-15(14)30-20/h2-7H,1H3,(H,26,28)(H,25,27,29). The second kappa shape index (κ2) is 8.29. The van der Waals surface area contributed by atoms with Gasteiger partial charge in [-0.05, 0) is 42.8 Å². The number of thiophene rings is 1. The lowest BCUT2D eigenvalue weighted by atomic mass is 10.2. The number of carbonyl (C=O) groups is 2. The van der Waals surface area contributed by atoms with Gasteiger partial charge in [-0.2, -0.15) is 0 Å². The minimum absolute atomic E-state index is 0.0348. The number of anilines is 2. The predicted octanol–water partition coefficient (Wildman–Crippen LogP) is 6.24. The van der Waals surface area contributed by atoms with Crippen LogP contribution in [0.25, 0.3) is 10.2 Å². The number of amides is 2. The maximum atomic E-state index is 13.4. The first-order valence-electron chi connectivity index (χ1n) is 8.65. The van der Waals surface area contributed by atoms with Crippen molar-refractivity contribution in [1.82, 2.24) is 4.98 Å². The molecule has 0 atom stereocenters. The fourth-order valence-electron chi connectivity index (χ4n) is 2.75. The highest BCUT2D eigenvalue weighted by atomic mass is 35.5. The van der Waals surface area contributed by atoms with Crippen LogP contribution in [0.4, 0.5) is 23.3 Å². The SMILES string of the molecule is Cc1cc(NC(=O)c2ccc(F)cc2Cl)sc1C(=O)Nc1nc2cc(F)c(F)cc2s1. The summed E-state index contributed by atoms with van der Waals surface area (Å²) in [6.07, 6.45) is 0. The lowest BCUT2D eigenvalue weighted by Gasteiger charge is -2.04. The van der Waals surface area contributed by atoms with Gasteiger partial charge in [-0.3, -0.25) is 14.9 Å². The molecule has 31 heavy (non-hydrogen) atoms. The summed E-state index contributed by atoms with van der Waals surface area (Å²) in [6.45, 7) is 1.69. The number of nitrogens with zero attached hydrogens (tertiary/aromatic N) is 1. The lowest BCUT2D eigenvalue weighted by Crippen LogP contribution is -2.12. The zero-order valence-electron chi connectivity index (χ0n) is 15.6. The van der Waals surface area contributed by atoms with Crippen LogP contribution in [0, 0.1) is 24.4 Å². The van der Waals surface area contributed by atoms with E-state index in [2.05, 4.69) is 15.6 Å². The Bertz CT molecular complexity index is 1310. The molecule has 0 radical (unpaired) electrons. The van der Waals surface area contributed by atoms with E-state index in [9.17, 15) is 22.8 Å². The van der Waals surface area contributed by atoms with Crippen molar-refractivity contribution in [3.63, 3.8) is 0 Å². The smallest absolute Gasteiger partial charge is 0.267 e. The highest BCUT2D eigenvalue weighted by molar-refractivity contribution is 7.22. The van der Waals surface area contributed by atoms with Crippen molar-refractivity contribution in [2.75, 3.05) is 10.6 Å². The summed E-state index contributed by atoms with van der Waals surface area (Å²) in [5, 5.41) is 5.77. The molecule has 0 aliphatic rings. The molecule has 0 bridgehead atoms. The molecule has 2 N–H and O–H groups in total. The number of aryl methyl sites for hydroxylation is 1. The number of rotatable bonds is 4. The number of thiazole rings is 1. The number of aromatic nitrogens is 1. The van der Waals surface area contributed by atoms with Crippen LogP contribution in [0.5, 0.6) is 0 Å². The fourth-order valence-corrected chi connectivity index (χ4v) is 4.84. The third kappa shape index (κ3) is 4.41. The Hall–Kier alpha value is -2.95. The Labute approximate surface area is 186 Å². The Kier molecular flexibility index (Phi) is 5.69. The average Bonchev–Trinajstić information content (AvgIpc) is 3.24. The summed E-state index contributed by atoms with van der Waals surface area (Å²) in [7, 11) is 0. The van der Waals surface area contributed by atoms with Gasteiger partial charge in [0.05, 0.1) is 30.7 Å². The van der Waals surface area contributed by atoms with Gasteiger partial charge in [0.15, 0.2) is 16.8 Å². The van der Waals surface area contributed by atoms with Crippen LogP contribution in [0.15, 0.2) is 36.4 Å². The van der Waals surface area contributed by atoms with Crippen LogP contribution < -0.4 is 10.6 Å². The minimum atomic E-state index is -1.02. The number of fused-ring (bicyclic) bond motifs is 1. The van der Waals surface area contributed by atoms with Crippen molar-refractivity contribution in [1.29, 1.82) is 0 Å². The van der Waals surface area contributed by atoms with Gasteiger partial charge in [0.1, 0.15) is 5.82 Å². The van der Waals surface area contributed by atoms with E-state index in [1.165, 1.54) is 6.07 Å². The molecule has 2 aromatic carbocycles. The molecule has 0 aliphatic carbocycles. The maximum absolute atomic E-state index is 13.4. The van der Waals surface area contributed by atoms with Gasteiger partial charge in [0.25, 0.3) is 11.8 Å². The molecule has 0 spiro atoms. The quantitative estimate of drug-likeness (QED) is 0.362. The summed E-state index contributed by atoms with van der Waals surface area (Å²) in [6, 6.07) is 7.00. The Morgan fingerprint density at radius 1 is 0.968 bits per heavy atom. The van der Waals surface area contributed by atoms with Crippen LogP contribution in [0.1, 0.15) is 25.6 Å². The van der Waals surface area contributed by atoms with Crippen LogP contribution in [-0.2, 0) is 0 Å². The van der Waals surface area contributed by atoms with E-state index in [1.54, 1.807) is 13.0 Å². The van der Waals surface area contributed by atoms with E-state index in [4.69, 9.17) is 11.6 Å². The first kappa shape index (κ1) is 21.3. The summed E-state index contributed by atoms with van der Waals surface area (Å²) >= 11 is 7.94. The van der Waals surface area contributed by atoms with E-state index in [1.807, 2.05) is 0 Å². The number of hydrogen-bond donors (Lipinski definition) is 2. The molecule has 4 aromatic rings. The number of hydrogen-bond acceptors (Lipinski definition) is 5. The fraction of sp³-hybridized carbons (Fsp3) is 0.0500. The molecule has 0 unspecified atom stereocenters. The summed E-state index contributed by atoms with van der Waals surface area (Å²) in [4.78, 5) is 29.5. The Morgan fingerprint density at radius 2 is 1.71 bits per heavy atom. The van der Waals surface area contributed by atoms with E-state index in [0.717, 1.165) is 46.9 Å². The molecule has 2 aromatic heterocycles. The van der Waals surface area contributed by atoms with Crippen molar-refractivity contribution in [3.8, 4) is 0 Å². The van der Waals surface area contributed by atoms with Crippen molar-refractivity contribution >= 4 is 66.4 Å². The van der Waals surface area contributed by atoms with Crippen molar-refractivity contribution in [2.24, 2.45) is 0 Å². The first-order chi connectivity index (χ1) is 14.7. The second-order valence-corrected chi connectivity index (χ2v) is 8.90. The summed E-state index contributed by atoms with van der Waals surface area (Å²) in [5.41, 5.74) is 0.918. The average molecular weight is 482 g/mol. The predicted molar refractivity (Wildman–Crippen MR) is 116 cm³/mol. The topological polar surface area (TPSA) is 71.1 Å². The minimum Gasteiger partial charge on any atom is -0.313 e. The van der Waals surface area contributed by atoms with Crippen molar-refractivity contribution in [2.45, 2.75) is 6.92 Å². The van der Waals surface area contributed by atoms with Gasteiger partial charge in [-0.1, -0.05) is 22.9 Å². The molecule has 2 heterocycles. The normalized spacial score (nSPS) is 11.0. The van der Waals surface area contributed by atoms with E-state index in [-0.39, 0.29) is 21.2 Å². The van der Waals surface area contributed by atoms with E-state index < -0.39 is 29.3 Å². The largest absolute Gasteiger partial charge is 0.313 e. The van der Waals surface area contributed by atoms with Gasteiger partial charge in [0.2, 0.25) is 0 Å². The summed E-state index contributed by atoms with van der Waals surface area (Å²) < 4.78 is 40.3. The maximum Gasteiger partial charge on any atom is 0.267 e. The van der Waals surface area contributed by atoms with Gasteiger partial charge >= 0.3 is 0 Å². The molecule has 0 aliphatic heterocycles.